The van der Waals surface area contributed by atoms with Crippen LogP contribution in [0, 0.1) is 5.41 Å². The number of hydrogen-bond donors (Lipinski definition) is 1. The first kappa shape index (κ1) is 15.1. The molecule has 0 atom stereocenters. The Morgan fingerprint density at radius 1 is 1.24 bits per heavy atom. The van der Waals surface area contributed by atoms with Crippen LogP contribution in [0.15, 0.2) is 16.6 Å². The summed E-state index contributed by atoms with van der Waals surface area (Å²) in [6, 6.07) is 4.06. The molecule has 0 spiro atoms. The topological polar surface area (TPSA) is 33.7 Å². The fourth-order valence-corrected chi connectivity index (χ4v) is 3.39. The molecule has 4 nitrogen and oxygen atoms in total. The maximum atomic E-state index is 5.45. The zero-order chi connectivity index (χ0) is 14.9. The Morgan fingerprint density at radius 2 is 1.90 bits per heavy atom. The fraction of sp³-hybridized carbons (Fsp3) is 0.625. The van der Waals surface area contributed by atoms with Crippen LogP contribution < -0.4 is 14.8 Å². The average Bonchev–Trinajstić information content (AvgIpc) is 2.90. The van der Waals surface area contributed by atoms with Gasteiger partial charge in [-0.15, -0.1) is 0 Å². The molecule has 5 heteroatoms. The van der Waals surface area contributed by atoms with Crippen LogP contribution in [0.5, 0.6) is 11.5 Å². The molecule has 0 aromatic heterocycles. The van der Waals surface area contributed by atoms with Crippen LogP contribution in [0.3, 0.4) is 0 Å². The summed E-state index contributed by atoms with van der Waals surface area (Å²) in [7, 11) is 2.21. The zero-order valence-corrected chi connectivity index (χ0v) is 14.3. The summed E-state index contributed by atoms with van der Waals surface area (Å²) in [5, 5.41) is 3.61. The zero-order valence-electron chi connectivity index (χ0n) is 12.7. The van der Waals surface area contributed by atoms with Crippen LogP contribution in [-0.2, 0) is 6.54 Å². The monoisotopic (exact) mass is 354 g/mol. The SMILES string of the molecule is CN1CCC(C)(CNCc2cc3c(cc2Br)OCO3)CC1. The van der Waals surface area contributed by atoms with Crippen molar-refractivity contribution in [2.24, 2.45) is 5.41 Å². The molecule has 1 saturated heterocycles. The van der Waals surface area contributed by atoms with E-state index in [-0.39, 0.29) is 0 Å². The Balaban J connectivity index is 1.56. The smallest absolute Gasteiger partial charge is 0.231 e. The summed E-state index contributed by atoms with van der Waals surface area (Å²) in [5.74, 6) is 1.67. The molecule has 3 rings (SSSR count). The number of fused-ring (bicyclic) bond motifs is 1. The van der Waals surface area contributed by atoms with Crippen molar-refractivity contribution in [1.29, 1.82) is 0 Å². The molecule has 0 aliphatic carbocycles. The van der Waals surface area contributed by atoms with Gasteiger partial charge in [0.2, 0.25) is 6.79 Å². The van der Waals surface area contributed by atoms with Crippen molar-refractivity contribution in [1.82, 2.24) is 10.2 Å². The fourth-order valence-electron chi connectivity index (χ4n) is 2.93. The molecule has 0 radical (unpaired) electrons. The van der Waals surface area contributed by atoms with E-state index < -0.39 is 0 Å². The van der Waals surface area contributed by atoms with Crippen LogP contribution >= 0.6 is 15.9 Å². The van der Waals surface area contributed by atoms with Crippen LogP contribution in [0.1, 0.15) is 25.3 Å². The van der Waals surface area contributed by atoms with E-state index in [4.69, 9.17) is 9.47 Å². The van der Waals surface area contributed by atoms with Gasteiger partial charge in [-0.05, 0) is 56.1 Å². The minimum absolute atomic E-state index is 0.324. The number of nitrogens with zero attached hydrogens (tertiary/aromatic N) is 1. The largest absolute Gasteiger partial charge is 0.454 e. The lowest BCUT2D eigenvalue weighted by atomic mass is 9.80. The van der Waals surface area contributed by atoms with E-state index >= 15 is 0 Å². The Labute approximate surface area is 134 Å². The number of ether oxygens (including phenoxy) is 2. The van der Waals surface area contributed by atoms with Gasteiger partial charge in [-0.25, -0.2) is 0 Å². The summed E-state index contributed by atoms with van der Waals surface area (Å²) in [6.07, 6.45) is 2.53. The summed E-state index contributed by atoms with van der Waals surface area (Å²) < 4.78 is 11.9. The molecule has 21 heavy (non-hydrogen) atoms. The standard InChI is InChI=1S/C16H23BrN2O2/c1-16(3-5-19(2)6-4-16)10-18-9-12-7-14-15(8-13(12)17)21-11-20-14/h7-8,18H,3-6,9-11H2,1-2H3. The highest BCUT2D eigenvalue weighted by molar-refractivity contribution is 9.10. The van der Waals surface area contributed by atoms with Gasteiger partial charge < -0.3 is 19.7 Å². The molecule has 1 N–H and O–H groups in total. The second-order valence-corrected chi connectivity index (χ2v) is 7.37. The van der Waals surface area contributed by atoms with Crippen LogP contribution in [0.4, 0.5) is 0 Å². The molecule has 0 amide bonds. The molecule has 116 valence electrons. The summed E-state index contributed by atoms with van der Waals surface area (Å²) in [6.45, 7) is 7.02. The molecule has 1 aromatic rings. The average molecular weight is 355 g/mol. The lowest BCUT2D eigenvalue weighted by Gasteiger charge is -2.38. The van der Waals surface area contributed by atoms with E-state index in [2.05, 4.69) is 46.2 Å². The third kappa shape index (κ3) is 3.52. The Hall–Kier alpha value is -0.780. The highest BCUT2D eigenvalue weighted by Crippen LogP contribution is 2.37. The predicted molar refractivity (Wildman–Crippen MR) is 86.8 cm³/mol. The van der Waals surface area contributed by atoms with Gasteiger partial charge in [0.15, 0.2) is 11.5 Å². The van der Waals surface area contributed by atoms with Crippen LogP contribution in [-0.4, -0.2) is 38.4 Å². The molecule has 2 heterocycles. The minimum Gasteiger partial charge on any atom is -0.454 e. The lowest BCUT2D eigenvalue weighted by molar-refractivity contribution is 0.137. The van der Waals surface area contributed by atoms with Crippen molar-refractivity contribution in [3.05, 3.63) is 22.2 Å². The molecular weight excluding hydrogens is 332 g/mol. The van der Waals surface area contributed by atoms with Crippen molar-refractivity contribution in [2.75, 3.05) is 33.5 Å². The number of likely N-dealkylation sites (tertiary alicyclic amines) is 1. The normalized spacial score (nSPS) is 20.7. The first-order valence-corrected chi connectivity index (χ1v) is 8.32. The van der Waals surface area contributed by atoms with Crippen molar-refractivity contribution in [2.45, 2.75) is 26.3 Å². The summed E-state index contributed by atoms with van der Waals surface area (Å²) in [5.41, 5.74) is 1.63. The number of rotatable bonds is 4. The van der Waals surface area contributed by atoms with Gasteiger partial charge in [0.25, 0.3) is 0 Å². The van der Waals surface area contributed by atoms with Crippen molar-refractivity contribution in [3.8, 4) is 11.5 Å². The second-order valence-electron chi connectivity index (χ2n) is 6.51. The number of nitrogens with one attached hydrogen (secondary N) is 1. The molecular formula is C16H23BrN2O2. The Morgan fingerprint density at radius 3 is 2.62 bits per heavy atom. The van der Waals surface area contributed by atoms with E-state index in [1.807, 2.05) is 6.07 Å². The van der Waals surface area contributed by atoms with E-state index in [9.17, 15) is 0 Å². The molecule has 2 aliphatic rings. The number of benzene rings is 1. The van der Waals surface area contributed by atoms with Gasteiger partial charge >= 0.3 is 0 Å². The molecule has 1 aromatic carbocycles. The third-order valence-electron chi connectivity index (χ3n) is 4.60. The summed E-state index contributed by atoms with van der Waals surface area (Å²) >= 11 is 3.62. The van der Waals surface area contributed by atoms with E-state index in [1.165, 1.54) is 31.5 Å². The number of piperidine rings is 1. The van der Waals surface area contributed by atoms with Gasteiger partial charge in [0.05, 0.1) is 0 Å². The molecule has 2 aliphatic heterocycles. The van der Waals surface area contributed by atoms with Gasteiger partial charge in [-0.1, -0.05) is 22.9 Å². The minimum atomic E-state index is 0.324. The predicted octanol–water partition coefficient (Wildman–Crippen LogP) is 3.00. The van der Waals surface area contributed by atoms with Crippen LogP contribution in [0.25, 0.3) is 0 Å². The lowest BCUT2D eigenvalue weighted by Crippen LogP contribution is -2.41. The van der Waals surface area contributed by atoms with E-state index in [0.29, 0.717) is 12.2 Å². The summed E-state index contributed by atoms with van der Waals surface area (Å²) in [4.78, 5) is 2.41. The maximum Gasteiger partial charge on any atom is 0.231 e. The highest BCUT2D eigenvalue weighted by Gasteiger charge is 2.28. The van der Waals surface area contributed by atoms with Gasteiger partial charge in [-0.2, -0.15) is 0 Å². The maximum absolute atomic E-state index is 5.45. The van der Waals surface area contributed by atoms with Crippen LogP contribution in [0.2, 0.25) is 0 Å². The Bertz CT molecular complexity index is 513. The highest BCUT2D eigenvalue weighted by atomic mass is 79.9. The van der Waals surface area contributed by atoms with Gasteiger partial charge in [0, 0.05) is 17.6 Å². The molecule has 0 unspecified atom stereocenters. The van der Waals surface area contributed by atoms with Crippen molar-refractivity contribution < 1.29 is 9.47 Å². The Kier molecular flexibility index (Phi) is 4.43. The third-order valence-corrected chi connectivity index (χ3v) is 5.34. The van der Waals surface area contributed by atoms with Gasteiger partial charge in [-0.3, -0.25) is 0 Å². The van der Waals surface area contributed by atoms with E-state index in [0.717, 1.165) is 29.1 Å². The number of hydrogen-bond acceptors (Lipinski definition) is 4. The quantitative estimate of drug-likeness (QED) is 0.900. The van der Waals surface area contributed by atoms with E-state index in [1.54, 1.807) is 0 Å². The van der Waals surface area contributed by atoms with Crippen molar-refractivity contribution >= 4 is 15.9 Å². The first-order chi connectivity index (χ1) is 10.1. The second kappa shape index (κ2) is 6.15. The van der Waals surface area contributed by atoms with Gasteiger partial charge in [0.1, 0.15) is 0 Å². The molecule has 1 fully saturated rings. The van der Waals surface area contributed by atoms with Crippen molar-refractivity contribution in [3.63, 3.8) is 0 Å². The molecule has 0 bridgehead atoms. The molecule has 0 saturated carbocycles. The first-order valence-electron chi connectivity index (χ1n) is 7.53. The number of halogens is 1.